The quantitative estimate of drug-likeness (QED) is 0.128. The van der Waals surface area contributed by atoms with E-state index in [0.29, 0.717) is 11.4 Å². The molecule has 0 spiro atoms. The molecule has 85 heavy (non-hydrogen) atoms. The SMILES string of the molecule is CC(C)(C)c1ccc(-c2ccc(-n3c4ccccc4c4cnc(-c5[c-]c(-c6cccc7c6nc(-c6cc(C(C)(C)C)cc(C(C)(C)C)c6O)n7-c6ccc(C(C)(C)C)cc6-c6ccccc6)c6c(c5)-c5ccccc5[Si]6(C)C)cc43)cc2)cc1.[Pt]. The Morgan fingerprint density at radius 2 is 1.06 bits per heavy atom. The van der Waals surface area contributed by atoms with Crippen LogP contribution in [0, 0.1) is 6.07 Å². The molecule has 0 fully saturated rings. The van der Waals surface area contributed by atoms with Gasteiger partial charge in [0.25, 0.3) is 0 Å². The number of benzene rings is 9. The molecule has 0 saturated heterocycles. The van der Waals surface area contributed by atoms with Crippen molar-refractivity contribution in [1.82, 2.24) is 19.1 Å². The average Bonchev–Trinajstić information content (AvgIpc) is 1.73. The van der Waals surface area contributed by atoms with Crippen molar-refractivity contribution >= 4 is 51.3 Å². The molecule has 0 radical (unpaired) electrons. The first-order chi connectivity index (χ1) is 39.9. The van der Waals surface area contributed by atoms with Crippen LogP contribution in [-0.4, -0.2) is 32.3 Å². The molecule has 9 aromatic carbocycles. The summed E-state index contributed by atoms with van der Waals surface area (Å²) >= 11 is 0. The molecule has 1 N–H and O–H groups in total. The average molecular weight is 1310 g/mol. The van der Waals surface area contributed by atoms with Crippen molar-refractivity contribution in [3.05, 3.63) is 223 Å². The summed E-state index contributed by atoms with van der Waals surface area (Å²) in [4.78, 5) is 11.3. The minimum absolute atomic E-state index is 0. The molecular weight excluding hydrogens is 1230 g/mol. The fraction of sp³-hybridized carbons (Fsp3) is 0.231. The van der Waals surface area contributed by atoms with Gasteiger partial charge in [-0.05, 0) is 109 Å². The smallest absolute Gasteiger partial charge is 0.148 e. The van der Waals surface area contributed by atoms with Gasteiger partial charge >= 0.3 is 0 Å². The fourth-order valence-electron chi connectivity index (χ4n) is 13.0. The Balaban J connectivity index is 0.00000709. The van der Waals surface area contributed by atoms with Crippen LogP contribution in [0.3, 0.4) is 0 Å². The van der Waals surface area contributed by atoms with E-state index in [1.54, 1.807) is 0 Å². The summed E-state index contributed by atoms with van der Waals surface area (Å²) in [5, 5.41) is 17.9. The number of para-hydroxylation sites is 2. The number of aromatic nitrogens is 4. The van der Waals surface area contributed by atoms with Crippen molar-refractivity contribution in [2.45, 2.75) is 118 Å². The Morgan fingerprint density at radius 1 is 0.459 bits per heavy atom. The van der Waals surface area contributed by atoms with Gasteiger partial charge in [-0.2, -0.15) is 0 Å². The van der Waals surface area contributed by atoms with Gasteiger partial charge in [-0.1, -0.05) is 252 Å². The van der Waals surface area contributed by atoms with E-state index < -0.39 is 8.07 Å². The number of pyridine rings is 1. The molecular formula is C78H75N4OPtSi-. The summed E-state index contributed by atoms with van der Waals surface area (Å²) in [5.74, 6) is 0.937. The number of hydrogen-bond acceptors (Lipinski definition) is 3. The minimum atomic E-state index is -2.39. The van der Waals surface area contributed by atoms with Crippen molar-refractivity contribution in [3.63, 3.8) is 0 Å². The second-order valence-corrected chi connectivity index (χ2v) is 32.3. The third kappa shape index (κ3) is 9.84. The van der Waals surface area contributed by atoms with E-state index in [2.05, 4.69) is 306 Å². The van der Waals surface area contributed by atoms with Gasteiger partial charge in [0.15, 0.2) is 0 Å². The molecule has 0 unspecified atom stereocenters. The van der Waals surface area contributed by atoms with Gasteiger partial charge < -0.3 is 9.67 Å². The van der Waals surface area contributed by atoms with Crippen LogP contribution in [-0.2, 0) is 42.7 Å². The molecule has 0 bridgehead atoms. The molecule has 3 aromatic heterocycles. The van der Waals surface area contributed by atoms with Crippen molar-refractivity contribution in [1.29, 1.82) is 0 Å². The van der Waals surface area contributed by atoms with E-state index in [0.717, 1.165) is 88.9 Å². The van der Waals surface area contributed by atoms with Gasteiger partial charge in [-0.3, -0.25) is 9.55 Å². The van der Waals surface area contributed by atoms with Gasteiger partial charge in [0.1, 0.15) is 11.6 Å². The molecule has 0 aliphatic carbocycles. The number of fused-ring (bicyclic) bond motifs is 7. The summed E-state index contributed by atoms with van der Waals surface area (Å²) in [6.07, 6.45) is 2.07. The first kappa shape index (κ1) is 57.5. The van der Waals surface area contributed by atoms with Gasteiger partial charge in [-0.25, -0.2) is 4.98 Å². The van der Waals surface area contributed by atoms with Crippen LogP contribution < -0.4 is 10.4 Å². The fourth-order valence-corrected chi connectivity index (χ4v) is 16.4. The normalized spacial score (nSPS) is 13.3. The van der Waals surface area contributed by atoms with Crippen LogP contribution in [0.25, 0.3) is 111 Å². The monoisotopic (exact) mass is 1310 g/mol. The summed E-state index contributed by atoms with van der Waals surface area (Å²) in [7, 11) is -2.39. The molecule has 13 rings (SSSR count). The summed E-state index contributed by atoms with van der Waals surface area (Å²) in [6, 6.07) is 73.2. The van der Waals surface area contributed by atoms with Crippen LogP contribution in [0.5, 0.6) is 5.75 Å². The second-order valence-electron chi connectivity index (χ2n) is 28.0. The molecule has 5 nitrogen and oxygen atoms in total. The molecule has 1 aliphatic heterocycles. The first-order valence-electron chi connectivity index (χ1n) is 29.8. The number of phenolic OH excluding ortho intramolecular Hbond substituents is 1. The number of rotatable bonds is 7. The Hall–Kier alpha value is -7.89. The van der Waals surface area contributed by atoms with Crippen molar-refractivity contribution in [3.8, 4) is 84.3 Å². The largest absolute Gasteiger partial charge is 0.507 e. The Morgan fingerprint density at radius 3 is 1.74 bits per heavy atom. The van der Waals surface area contributed by atoms with Crippen molar-refractivity contribution in [2.75, 3.05) is 0 Å². The van der Waals surface area contributed by atoms with Crippen LogP contribution in [0.15, 0.2) is 194 Å². The maximum Gasteiger partial charge on any atom is 0.148 e. The summed E-state index contributed by atoms with van der Waals surface area (Å²) in [5.41, 5.74) is 21.7. The third-order valence-electron chi connectivity index (χ3n) is 17.8. The summed E-state index contributed by atoms with van der Waals surface area (Å²) < 4.78 is 4.72. The van der Waals surface area contributed by atoms with E-state index in [1.807, 2.05) is 0 Å². The third-order valence-corrected chi connectivity index (χ3v) is 21.3. The Kier molecular flexibility index (Phi) is 14.0. The Labute approximate surface area is 517 Å². The topological polar surface area (TPSA) is 55.9 Å². The molecule has 0 saturated carbocycles. The van der Waals surface area contributed by atoms with Crippen molar-refractivity contribution in [2.24, 2.45) is 0 Å². The number of phenols is 1. The van der Waals surface area contributed by atoms with E-state index in [4.69, 9.17) is 9.97 Å². The van der Waals surface area contributed by atoms with Crippen LogP contribution in [0.4, 0.5) is 0 Å². The van der Waals surface area contributed by atoms with E-state index >= 15 is 0 Å². The van der Waals surface area contributed by atoms with Crippen molar-refractivity contribution < 1.29 is 26.2 Å². The summed E-state index contributed by atoms with van der Waals surface area (Å²) in [6.45, 7) is 31.9. The van der Waals surface area contributed by atoms with E-state index in [1.165, 1.54) is 43.8 Å². The van der Waals surface area contributed by atoms with Crippen LogP contribution >= 0.6 is 0 Å². The zero-order valence-corrected chi connectivity index (χ0v) is 54.8. The zero-order chi connectivity index (χ0) is 59.0. The molecule has 0 atom stereocenters. The molecule has 4 heterocycles. The molecule has 0 amide bonds. The molecule has 12 aromatic rings. The van der Waals surface area contributed by atoms with Gasteiger partial charge in [0.2, 0.25) is 0 Å². The maximum atomic E-state index is 12.9. The number of hydrogen-bond donors (Lipinski definition) is 1. The van der Waals surface area contributed by atoms with Gasteiger partial charge in [-0.15, -0.1) is 22.9 Å². The zero-order valence-electron chi connectivity index (χ0n) is 51.5. The molecule has 428 valence electrons. The van der Waals surface area contributed by atoms with Crippen LogP contribution in [0.2, 0.25) is 13.1 Å². The predicted octanol–water partition coefficient (Wildman–Crippen LogP) is 19.3. The Bertz CT molecular complexity index is 4590. The first-order valence-corrected chi connectivity index (χ1v) is 32.8. The molecule has 1 aliphatic rings. The standard InChI is InChI=1S/C78H75N4OSi.Pt/c1-75(2,3)52-35-31-48(32-36-52)49-33-38-55(39-34-49)81-66-28-20-18-25-56(66)63-47-79-65(46-69(63)81)51-41-60-57-26-19-21-30-70(57)84(13,14)73(60)61(42-51)58-27-22-29-68-71(58)80-74(62-44-54(77(7,8)9)45-64(72(62)83)78(10,11)12)82(68)67-40-37-53(76(4,5)6)43-59(67)50-23-16-15-17-24-50;/h15-41,43-47,83H,1-14H3;/q-1;. The maximum absolute atomic E-state index is 12.9. The minimum Gasteiger partial charge on any atom is -0.507 e. The van der Waals surface area contributed by atoms with Gasteiger partial charge in [0.05, 0.1) is 41.4 Å². The number of nitrogens with zero attached hydrogens (tertiary/aromatic N) is 4. The van der Waals surface area contributed by atoms with E-state index in [-0.39, 0.29) is 48.5 Å². The van der Waals surface area contributed by atoms with Gasteiger partial charge in [0, 0.05) is 60.5 Å². The van der Waals surface area contributed by atoms with Crippen LogP contribution in [0.1, 0.15) is 105 Å². The number of imidazole rings is 1. The molecule has 7 heteroatoms. The number of aromatic hydroxyl groups is 1. The predicted molar refractivity (Wildman–Crippen MR) is 358 cm³/mol. The van der Waals surface area contributed by atoms with E-state index in [9.17, 15) is 5.11 Å². The second kappa shape index (κ2) is 20.7.